The zero-order valence-electron chi connectivity index (χ0n) is 13.7. The first-order chi connectivity index (χ1) is 10.1. The first-order valence-corrected chi connectivity index (χ1v) is 8.59. The summed E-state index contributed by atoms with van der Waals surface area (Å²) >= 11 is 0. The molecule has 1 aliphatic heterocycles. The Bertz CT molecular complexity index is 414. The van der Waals surface area contributed by atoms with E-state index >= 15 is 0 Å². The van der Waals surface area contributed by atoms with E-state index in [0.717, 1.165) is 18.4 Å². The number of rotatable bonds is 5. The summed E-state index contributed by atoms with van der Waals surface area (Å²) in [5.41, 5.74) is 0. The summed E-state index contributed by atoms with van der Waals surface area (Å²) in [6.45, 7) is 10.6. The Hall–Kier alpha value is -0.870. The standard InChI is InChI=1S/C17H30N4/c1-13(2)21-10-15-5-4-6-16(11-21)17(15)19-14(3)9-20-8-7-18-12-20/h7-8,12-17,19H,4-6,9-11H2,1-3H3. The third kappa shape index (κ3) is 3.49. The van der Waals surface area contributed by atoms with Gasteiger partial charge in [0, 0.05) is 50.2 Å². The van der Waals surface area contributed by atoms with Gasteiger partial charge in [-0.2, -0.15) is 0 Å². The lowest BCUT2D eigenvalue weighted by Gasteiger charge is -2.49. The number of likely N-dealkylation sites (tertiary alicyclic amines) is 1. The van der Waals surface area contributed by atoms with Gasteiger partial charge in [0.05, 0.1) is 6.33 Å². The van der Waals surface area contributed by atoms with Crippen molar-refractivity contribution >= 4 is 0 Å². The smallest absolute Gasteiger partial charge is 0.0946 e. The largest absolute Gasteiger partial charge is 0.336 e. The van der Waals surface area contributed by atoms with E-state index in [-0.39, 0.29) is 0 Å². The van der Waals surface area contributed by atoms with Crippen LogP contribution in [0.3, 0.4) is 0 Å². The molecule has 2 aliphatic rings. The maximum absolute atomic E-state index is 4.14. The summed E-state index contributed by atoms with van der Waals surface area (Å²) in [5, 5.41) is 3.94. The summed E-state index contributed by atoms with van der Waals surface area (Å²) in [6, 6.07) is 1.92. The van der Waals surface area contributed by atoms with Gasteiger partial charge in [-0.05, 0) is 45.4 Å². The Balaban J connectivity index is 1.60. The van der Waals surface area contributed by atoms with E-state index in [1.165, 1.54) is 32.4 Å². The minimum Gasteiger partial charge on any atom is -0.336 e. The maximum Gasteiger partial charge on any atom is 0.0946 e. The van der Waals surface area contributed by atoms with Crippen LogP contribution in [0.25, 0.3) is 0 Å². The van der Waals surface area contributed by atoms with Crippen molar-refractivity contribution in [2.75, 3.05) is 13.1 Å². The predicted octanol–water partition coefficient (Wildman–Crippen LogP) is 2.37. The zero-order chi connectivity index (χ0) is 14.8. The molecule has 0 spiro atoms. The molecule has 1 aromatic heterocycles. The van der Waals surface area contributed by atoms with Gasteiger partial charge in [-0.25, -0.2) is 4.98 Å². The monoisotopic (exact) mass is 290 g/mol. The molecule has 1 aliphatic carbocycles. The molecule has 4 heteroatoms. The quantitative estimate of drug-likeness (QED) is 0.904. The van der Waals surface area contributed by atoms with Crippen LogP contribution >= 0.6 is 0 Å². The van der Waals surface area contributed by atoms with Gasteiger partial charge in [0.25, 0.3) is 0 Å². The molecule has 118 valence electrons. The van der Waals surface area contributed by atoms with Gasteiger partial charge in [-0.3, -0.25) is 0 Å². The fourth-order valence-corrected chi connectivity index (χ4v) is 4.26. The number of nitrogens with one attached hydrogen (secondary N) is 1. The number of hydrogen-bond acceptors (Lipinski definition) is 3. The van der Waals surface area contributed by atoms with E-state index in [1.54, 1.807) is 0 Å². The van der Waals surface area contributed by atoms with Crippen molar-refractivity contribution in [2.45, 2.75) is 64.7 Å². The molecule has 2 fully saturated rings. The van der Waals surface area contributed by atoms with Gasteiger partial charge in [-0.1, -0.05) is 6.42 Å². The van der Waals surface area contributed by atoms with Gasteiger partial charge in [0.15, 0.2) is 0 Å². The van der Waals surface area contributed by atoms with E-state index in [1.807, 2.05) is 12.5 Å². The molecular formula is C17H30N4. The first-order valence-electron chi connectivity index (χ1n) is 8.59. The van der Waals surface area contributed by atoms with Crippen LogP contribution in [0.5, 0.6) is 0 Å². The highest BCUT2D eigenvalue weighted by Gasteiger charge is 2.40. The van der Waals surface area contributed by atoms with Crippen LogP contribution in [0, 0.1) is 11.8 Å². The average Bonchev–Trinajstić information content (AvgIpc) is 2.90. The molecule has 1 aromatic rings. The topological polar surface area (TPSA) is 33.1 Å². The van der Waals surface area contributed by atoms with Crippen molar-refractivity contribution in [3.63, 3.8) is 0 Å². The number of nitrogens with zero attached hydrogens (tertiary/aromatic N) is 3. The van der Waals surface area contributed by atoms with E-state index in [2.05, 4.69) is 46.7 Å². The molecule has 21 heavy (non-hydrogen) atoms. The van der Waals surface area contributed by atoms with Crippen molar-refractivity contribution < 1.29 is 0 Å². The molecule has 0 aromatic carbocycles. The van der Waals surface area contributed by atoms with Gasteiger partial charge in [0.1, 0.15) is 0 Å². The summed E-state index contributed by atoms with van der Waals surface area (Å²) in [6.07, 6.45) is 10.1. The molecule has 3 rings (SSSR count). The summed E-state index contributed by atoms with van der Waals surface area (Å²) < 4.78 is 2.18. The minimum atomic E-state index is 0.512. The van der Waals surface area contributed by atoms with Gasteiger partial charge in [0.2, 0.25) is 0 Å². The minimum absolute atomic E-state index is 0.512. The van der Waals surface area contributed by atoms with Crippen LogP contribution in [-0.2, 0) is 6.54 Å². The molecule has 1 N–H and O–H groups in total. The molecule has 3 unspecified atom stereocenters. The lowest BCUT2D eigenvalue weighted by atomic mass is 9.73. The third-order valence-electron chi connectivity index (χ3n) is 5.35. The van der Waals surface area contributed by atoms with E-state index < -0.39 is 0 Å². The highest BCUT2D eigenvalue weighted by molar-refractivity contribution is 4.96. The van der Waals surface area contributed by atoms with Gasteiger partial charge in [-0.15, -0.1) is 0 Å². The Morgan fingerprint density at radius 1 is 1.19 bits per heavy atom. The number of imidazole rings is 1. The second-order valence-corrected chi connectivity index (χ2v) is 7.35. The second kappa shape index (κ2) is 6.49. The van der Waals surface area contributed by atoms with Crippen molar-refractivity contribution in [1.29, 1.82) is 0 Å². The number of aromatic nitrogens is 2. The zero-order valence-corrected chi connectivity index (χ0v) is 13.7. The molecule has 0 amide bonds. The SMILES string of the molecule is CC(Cn1ccnc1)NC1C2CCCC1CN(C(C)C)C2. The second-order valence-electron chi connectivity index (χ2n) is 7.35. The maximum atomic E-state index is 4.14. The highest BCUT2D eigenvalue weighted by Crippen LogP contribution is 2.35. The molecule has 1 saturated heterocycles. The van der Waals surface area contributed by atoms with Crippen LogP contribution in [0.4, 0.5) is 0 Å². The Labute approximate surface area is 128 Å². The van der Waals surface area contributed by atoms with Crippen LogP contribution < -0.4 is 5.32 Å². The number of hydrogen-bond donors (Lipinski definition) is 1. The van der Waals surface area contributed by atoms with Crippen LogP contribution in [0.2, 0.25) is 0 Å². The van der Waals surface area contributed by atoms with Crippen molar-refractivity contribution in [2.24, 2.45) is 11.8 Å². The molecule has 2 bridgehead atoms. The molecule has 2 heterocycles. The highest BCUT2D eigenvalue weighted by atomic mass is 15.2. The summed E-state index contributed by atoms with van der Waals surface area (Å²) in [5.74, 6) is 1.68. The average molecular weight is 290 g/mol. The van der Waals surface area contributed by atoms with Crippen LogP contribution in [-0.4, -0.2) is 45.7 Å². The first kappa shape index (κ1) is 15.0. The molecule has 1 saturated carbocycles. The Morgan fingerprint density at radius 2 is 1.90 bits per heavy atom. The fourth-order valence-electron chi connectivity index (χ4n) is 4.26. The van der Waals surface area contributed by atoms with Crippen LogP contribution in [0.1, 0.15) is 40.0 Å². The number of fused-ring (bicyclic) bond motifs is 2. The lowest BCUT2D eigenvalue weighted by Crippen LogP contribution is -2.60. The Morgan fingerprint density at radius 3 is 2.48 bits per heavy atom. The predicted molar refractivity (Wildman–Crippen MR) is 86.2 cm³/mol. The Kier molecular flexibility index (Phi) is 4.65. The van der Waals surface area contributed by atoms with Crippen molar-refractivity contribution in [3.8, 4) is 0 Å². The lowest BCUT2D eigenvalue weighted by molar-refractivity contribution is 0.0250. The third-order valence-corrected chi connectivity index (χ3v) is 5.35. The van der Waals surface area contributed by atoms with Crippen molar-refractivity contribution in [3.05, 3.63) is 18.7 Å². The number of piperidine rings is 1. The van der Waals surface area contributed by atoms with E-state index in [9.17, 15) is 0 Å². The molecule has 0 radical (unpaired) electrons. The van der Waals surface area contributed by atoms with Crippen molar-refractivity contribution in [1.82, 2.24) is 19.8 Å². The molecule has 3 atom stereocenters. The van der Waals surface area contributed by atoms with E-state index in [0.29, 0.717) is 18.1 Å². The summed E-state index contributed by atoms with van der Waals surface area (Å²) in [4.78, 5) is 6.82. The fraction of sp³-hybridized carbons (Fsp3) is 0.824. The van der Waals surface area contributed by atoms with Crippen LogP contribution in [0.15, 0.2) is 18.7 Å². The normalized spacial score (nSPS) is 31.5. The van der Waals surface area contributed by atoms with Gasteiger partial charge < -0.3 is 14.8 Å². The summed E-state index contributed by atoms with van der Waals surface area (Å²) in [7, 11) is 0. The van der Waals surface area contributed by atoms with E-state index in [4.69, 9.17) is 0 Å². The molecular weight excluding hydrogens is 260 g/mol. The molecule has 4 nitrogen and oxygen atoms in total. The van der Waals surface area contributed by atoms with Gasteiger partial charge >= 0.3 is 0 Å².